The van der Waals surface area contributed by atoms with Gasteiger partial charge in [0.15, 0.2) is 6.10 Å². The number of halogens is 1. The number of carboxylic acid groups (broad SMARTS) is 1. The van der Waals surface area contributed by atoms with E-state index in [1.165, 1.54) is 6.92 Å². The Morgan fingerprint density at radius 1 is 1.54 bits per heavy atom. The number of rotatable bonds is 3. The molecule has 0 unspecified atom stereocenters. The predicted molar refractivity (Wildman–Crippen MR) is 56.9 cm³/mol. The van der Waals surface area contributed by atoms with Crippen molar-refractivity contribution in [2.75, 3.05) is 0 Å². The number of hydrogen-bond acceptors (Lipinski definition) is 2. The van der Waals surface area contributed by atoms with Gasteiger partial charge in [0.1, 0.15) is 5.75 Å². The first-order valence-corrected chi connectivity index (χ1v) is 4.83. The van der Waals surface area contributed by atoms with Crippen molar-refractivity contribution < 1.29 is 14.6 Å². The minimum atomic E-state index is -0.959. The summed E-state index contributed by atoms with van der Waals surface area (Å²) in [6.07, 6.45) is -0.809. The van der Waals surface area contributed by atoms with Gasteiger partial charge in [-0.1, -0.05) is 12.1 Å². The Morgan fingerprint density at radius 3 is 2.69 bits per heavy atom. The van der Waals surface area contributed by atoms with Crippen LogP contribution in [0.25, 0.3) is 0 Å². The molecule has 1 aromatic rings. The molecule has 0 bridgehead atoms. The molecule has 4 heteroatoms. The highest BCUT2D eigenvalue weighted by molar-refractivity contribution is 14.1. The average molecular weight is 292 g/mol. The molecule has 0 saturated carbocycles. The van der Waals surface area contributed by atoms with Crippen LogP contribution in [0.4, 0.5) is 0 Å². The summed E-state index contributed by atoms with van der Waals surface area (Å²) in [7, 11) is 0. The number of carbonyl (C=O) groups is 1. The van der Waals surface area contributed by atoms with Crippen molar-refractivity contribution in [2.24, 2.45) is 0 Å². The van der Waals surface area contributed by atoms with Gasteiger partial charge in [0.25, 0.3) is 0 Å². The van der Waals surface area contributed by atoms with Gasteiger partial charge in [-0.05, 0) is 41.6 Å². The van der Waals surface area contributed by atoms with Gasteiger partial charge in [0.2, 0.25) is 0 Å². The highest BCUT2D eigenvalue weighted by Gasteiger charge is 2.13. The van der Waals surface area contributed by atoms with Crippen molar-refractivity contribution >= 4 is 28.6 Å². The Morgan fingerprint density at radius 2 is 2.15 bits per heavy atom. The second-order valence-electron chi connectivity index (χ2n) is 2.53. The molecule has 0 heterocycles. The van der Waals surface area contributed by atoms with Crippen LogP contribution < -0.4 is 4.74 Å². The highest BCUT2D eigenvalue weighted by Crippen LogP contribution is 2.20. The van der Waals surface area contributed by atoms with Gasteiger partial charge in [-0.2, -0.15) is 0 Å². The van der Waals surface area contributed by atoms with Gasteiger partial charge >= 0.3 is 5.97 Å². The van der Waals surface area contributed by atoms with E-state index in [4.69, 9.17) is 9.84 Å². The standard InChI is InChI=1S/C9H9IO3/c1-6(9(11)12)13-8-5-3-2-4-7(8)10/h2-6H,1H3,(H,11,12)/t6-/m0/s1. The van der Waals surface area contributed by atoms with Gasteiger partial charge in [0.05, 0.1) is 3.57 Å². The molecule has 0 fully saturated rings. The van der Waals surface area contributed by atoms with Crippen LogP contribution in [0.15, 0.2) is 24.3 Å². The Kier molecular flexibility index (Phi) is 3.53. The molecule has 0 spiro atoms. The largest absolute Gasteiger partial charge is 0.479 e. The smallest absolute Gasteiger partial charge is 0.344 e. The SMILES string of the molecule is C[C@H](Oc1ccccc1I)C(=O)O. The van der Waals surface area contributed by atoms with Gasteiger partial charge in [0, 0.05) is 0 Å². The second-order valence-corrected chi connectivity index (χ2v) is 3.69. The lowest BCUT2D eigenvalue weighted by atomic mass is 10.3. The zero-order chi connectivity index (χ0) is 9.84. The number of benzene rings is 1. The van der Waals surface area contributed by atoms with Crippen LogP contribution in [0.5, 0.6) is 5.75 Å². The van der Waals surface area contributed by atoms with Gasteiger partial charge in [-0.3, -0.25) is 0 Å². The summed E-state index contributed by atoms with van der Waals surface area (Å²) < 4.78 is 6.11. The van der Waals surface area contributed by atoms with E-state index in [1.807, 2.05) is 18.2 Å². The average Bonchev–Trinajstić information content (AvgIpc) is 2.08. The maximum absolute atomic E-state index is 10.5. The zero-order valence-corrected chi connectivity index (χ0v) is 9.19. The van der Waals surface area contributed by atoms with Crippen molar-refractivity contribution in [2.45, 2.75) is 13.0 Å². The molecule has 0 aliphatic heterocycles. The molecule has 13 heavy (non-hydrogen) atoms. The summed E-state index contributed by atoms with van der Waals surface area (Å²) >= 11 is 2.10. The molecule has 70 valence electrons. The van der Waals surface area contributed by atoms with Crippen LogP contribution >= 0.6 is 22.6 Å². The first kappa shape index (κ1) is 10.3. The van der Waals surface area contributed by atoms with Crippen molar-refractivity contribution in [3.05, 3.63) is 27.8 Å². The third kappa shape index (κ3) is 2.87. The number of ether oxygens (including phenoxy) is 1. The summed E-state index contributed by atoms with van der Waals surface area (Å²) in [5, 5.41) is 8.61. The maximum atomic E-state index is 10.5. The number of para-hydroxylation sites is 1. The van der Waals surface area contributed by atoms with Crippen molar-refractivity contribution in [1.29, 1.82) is 0 Å². The summed E-state index contributed by atoms with van der Waals surface area (Å²) in [6, 6.07) is 7.30. The van der Waals surface area contributed by atoms with Crippen molar-refractivity contribution in [1.82, 2.24) is 0 Å². The van der Waals surface area contributed by atoms with Crippen LogP contribution in [0.1, 0.15) is 6.92 Å². The topological polar surface area (TPSA) is 46.5 Å². The van der Waals surface area contributed by atoms with Crippen molar-refractivity contribution in [3.8, 4) is 5.75 Å². The van der Waals surface area contributed by atoms with Gasteiger partial charge in [-0.15, -0.1) is 0 Å². The molecule has 0 saturated heterocycles. The van der Waals surface area contributed by atoms with Crippen LogP contribution in [0, 0.1) is 3.57 Å². The first-order chi connectivity index (χ1) is 6.11. The molecule has 0 aromatic heterocycles. The minimum Gasteiger partial charge on any atom is -0.479 e. The summed E-state index contributed by atoms with van der Waals surface area (Å²) in [5.41, 5.74) is 0. The van der Waals surface area contributed by atoms with E-state index in [2.05, 4.69) is 22.6 Å². The second kappa shape index (κ2) is 4.45. The Labute approximate surface area is 89.9 Å². The van der Waals surface area contributed by atoms with E-state index < -0.39 is 12.1 Å². The number of carboxylic acids is 1. The molecule has 1 atom stereocenters. The zero-order valence-electron chi connectivity index (χ0n) is 7.03. The number of hydrogen-bond donors (Lipinski definition) is 1. The van der Waals surface area contributed by atoms with E-state index in [0.29, 0.717) is 5.75 Å². The Balaban J connectivity index is 2.74. The molecular weight excluding hydrogens is 283 g/mol. The normalized spacial score (nSPS) is 12.2. The third-order valence-electron chi connectivity index (χ3n) is 1.49. The van der Waals surface area contributed by atoms with Crippen LogP contribution in [-0.4, -0.2) is 17.2 Å². The van der Waals surface area contributed by atoms with Gasteiger partial charge in [-0.25, -0.2) is 4.79 Å². The third-order valence-corrected chi connectivity index (χ3v) is 2.38. The van der Waals surface area contributed by atoms with E-state index >= 15 is 0 Å². The van der Waals surface area contributed by atoms with Crippen LogP contribution in [0.2, 0.25) is 0 Å². The lowest BCUT2D eigenvalue weighted by molar-refractivity contribution is -0.144. The van der Waals surface area contributed by atoms with E-state index in [-0.39, 0.29) is 0 Å². The highest BCUT2D eigenvalue weighted by atomic mass is 127. The Bertz CT molecular complexity index is 311. The molecule has 3 nitrogen and oxygen atoms in total. The number of aliphatic carboxylic acids is 1. The molecule has 0 aliphatic rings. The minimum absolute atomic E-state index is 0.609. The first-order valence-electron chi connectivity index (χ1n) is 3.75. The van der Waals surface area contributed by atoms with Crippen molar-refractivity contribution in [3.63, 3.8) is 0 Å². The van der Waals surface area contributed by atoms with Crippen LogP contribution in [0.3, 0.4) is 0 Å². The fourth-order valence-corrected chi connectivity index (χ4v) is 1.30. The fourth-order valence-electron chi connectivity index (χ4n) is 0.781. The van der Waals surface area contributed by atoms with E-state index in [1.54, 1.807) is 6.07 Å². The maximum Gasteiger partial charge on any atom is 0.344 e. The van der Waals surface area contributed by atoms with E-state index in [0.717, 1.165) is 3.57 Å². The molecule has 1 N–H and O–H groups in total. The van der Waals surface area contributed by atoms with Gasteiger partial charge < -0.3 is 9.84 Å². The lowest BCUT2D eigenvalue weighted by Crippen LogP contribution is -2.23. The summed E-state index contributed by atoms with van der Waals surface area (Å²) in [6.45, 7) is 1.51. The molecule has 0 aliphatic carbocycles. The predicted octanol–water partition coefficient (Wildman–Crippen LogP) is 2.14. The lowest BCUT2D eigenvalue weighted by Gasteiger charge is -2.11. The summed E-state index contributed by atoms with van der Waals surface area (Å²) in [5.74, 6) is -0.349. The Hall–Kier alpha value is -0.780. The van der Waals surface area contributed by atoms with Crippen LogP contribution in [-0.2, 0) is 4.79 Å². The molecular formula is C9H9IO3. The molecule has 0 radical (unpaired) electrons. The summed E-state index contributed by atoms with van der Waals surface area (Å²) in [4.78, 5) is 10.5. The molecule has 1 rings (SSSR count). The monoisotopic (exact) mass is 292 g/mol. The molecule has 0 amide bonds. The fraction of sp³-hybridized carbons (Fsp3) is 0.222. The quantitative estimate of drug-likeness (QED) is 0.868. The molecule has 1 aromatic carbocycles. The van der Waals surface area contributed by atoms with E-state index in [9.17, 15) is 4.79 Å².